The van der Waals surface area contributed by atoms with E-state index in [1.807, 2.05) is 19.3 Å². The fourth-order valence-electron chi connectivity index (χ4n) is 1.96. The molecule has 0 aliphatic heterocycles. The smallest absolute Gasteiger partial charge is 0.0897 e. The fourth-order valence-corrected chi connectivity index (χ4v) is 3.49. The lowest BCUT2D eigenvalue weighted by atomic mass is 10.1. The molecule has 3 heterocycles. The van der Waals surface area contributed by atoms with Crippen molar-refractivity contribution < 1.29 is 0 Å². The molecular weight excluding hydrogens is 274 g/mol. The highest BCUT2D eigenvalue weighted by Gasteiger charge is 2.08. The van der Waals surface area contributed by atoms with E-state index < -0.39 is 0 Å². The van der Waals surface area contributed by atoms with Crippen molar-refractivity contribution in [2.24, 2.45) is 0 Å². The van der Waals surface area contributed by atoms with Gasteiger partial charge in [0.15, 0.2) is 0 Å². The SMILES string of the molecule is Cc1ncc(CNC(C)c2cnc3ccsc3c2)s1. The zero-order valence-electron chi connectivity index (χ0n) is 10.9. The van der Waals surface area contributed by atoms with Crippen LogP contribution >= 0.6 is 22.7 Å². The molecule has 0 fully saturated rings. The Morgan fingerprint density at radius 2 is 2.21 bits per heavy atom. The zero-order valence-corrected chi connectivity index (χ0v) is 12.5. The van der Waals surface area contributed by atoms with Crippen molar-refractivity contribution >= 4 is 32.9 Å². The van der Waals surface area contributed by atoms with Gasteiger partial charge in [0.2, 0.25) is 0 Å². The summed E-state index contributed by atoms with van der Waals surface area (Å²) in [5.41, 5.74) is 2.32. The second kappa shape index (κ2) is 5.36. The van der Waals surface area contributed by atoms with E-state index in [1.165, 1.54) is 15.1 Å². The summed E-state index contributed by atoms with van der Waals surface area (Å²) in [6, 6.07) is 4.58. The Kier molecular flexibility index (Phi) is 3.59. The van der Waals surface area contributed by atoms with Crippen molar-refractivity contribution in [3.05, 3.63) is 45.4 Å². The minimum atomic E-state index is 0.293. The molecule has 0 aliphatic rings. The third-order valence-corrected chi connectivity index (χ3v) is 4.84. The Labute approximate surface area is 120 Å². The number of hydrogen-bond donors (Lipinski definition) is 1. The standard InChI is InChI=1S/C14H15N3S2/c1-9(15-7-12-8-16-10(2)19-12)11-5-14-13(17-6-11)3-4-18-14/h3-6,8-9,15H,7H2,1-2H3. The summed E-state index contributed by atoms with van der Waals surface area (Å²) in [7, 11) is 0. The quantitative estimate of drug-likeness (QED) is 0.791. The van der Waals surface area contributed by atoms with Gasteiger partial charge in [0, 0.05) is 29.9 Å². The number of thiophene rings is 1. The van der Waals surface area contributed by atoms with Crippen molar-refractivity contribution in [1.29, 1.82) is 0 Å². The van der Waals surface area contributed by atoms with E-state index in [4.69, 9.17) is 0 Å². The third kappa shape index (κ3) is 2.83. The van der Waals surface area contributed by atoms with Crippen molar-refractivity contribution in [3.63, 3.8) is 0 Å². The summed E-state index contributed by atoms with van der Waals surface area (Å²) in [4.78, 5) is 10.0. The number of aryl methyl sites for hydroxylation is 1. The van der Waals surface area contributed by atoms with Crippen LogP contribution in [0.4, 0.5) is 0 Å². The molecule has 3 aromatic rings. The van der Waals surface area contributed by atoms with Crippen LogP contribution in [0.2, 0.25) is 0 Å². The number of rotatable bonds is 4. The van der Waals surface area contributed by atoms with Crippen LogP contribution in [0.25, 0.3) is 10.2 Å². The number of pyridine rings is 1. The number of thiazole rings is 1. The Morgan fingerprint density at radius 3 is 3.00 bits per heavy atom. The molecule has 98 valence electrons. The Hall–Kier alpha value is -1.30. The van der Waals surface area contributed by atoms with Gasteiger partial charge in [0.25, 0.3) is 0 Å². The number of nitrogens with zero attached hydrogens (tertiary/aromatic N) is 2. The fraction of sp³-hybridized carbons (Fsp3) is 0.286. The second-order valence-corrected chi connectivity index (χ2v) is 6.79. The molecule has 0 bridgehead atoms. The van der Waals surface area contributed by atoms with E-state index in [-0.39, 0.29) is 0 Å². The normalized spacial score (nSPS) is 12.9. The van der Waals surface area contributed by atoms with E-state index in [0.29, 0.717) is 6.04 Å². The van der Waals surface area contributed by atoms with Gasteiger partial charge in [0.1, 0.15) is 0 Å². The summed E-state index contributed by atoms with van der Waals surface area (Å²) in [6.07, 6.45) is 3.91. The molecule has 0 radical (unpaired) electrons. The van der Waals surface area contributed by atoms with E-state index in [1.54, 1.807) is 22.7 Å². The molecule has 5 heteroatoms. The highest BCUT2D eigenvalue weighted by molar-refractivity contribution is 7.17. The molecule has 0 aliphatic carbocycles. The van der Waals surface area contributed by atoms with E-state index >= 15 is 0 Å². The largest absolute Gasteiger partial charge is 0.305 e. The molecular formula is C14H15N3S2. The lowest BCUT2D eigenvalue weighted by Gasteiger charge is -2.13. The predicted octanol–water partition coefficient (Wildman–Crippen LogP) is 3.91. The minimum Gasteiger partial charge on any atom is -0.305 e. The van der Waals surface area contributed by atoms with Gasteiger partial charge in [-0.25, -0.2) is 4.98 Å². The molecule has 0 spiro atoms. The van der Waals surface area contributed by atoms with Gasteiger partial charge in [0.05, 0.1) is 15.2 Å². The molecule has 0 saturated heterocycles. The number of fused-ring (bicyclic) bond motifs is 1. The summed E-state index contributed by atoms with van der Waals surface area (Å²) in [5.74, 6) is 0. The van der Waals surface area contributed by atoms with Gasteiger partial charge >= 0.3 is 0 Å². The van der Waals surface area contributed by atoms with Crippen LogP contribution in [-0.4, -0.2) is 9.97 Å². The van der Waals surface area contributed by atoms with Crippen LogP contribution in [0.3, 0.4) is 0 Å². The lowest BCUT2D eigenvalue weighted by Crippen LogP contribution is -2.17. The summed E-state index contributed by atoms with van der Waals surface area (Å²) in [5, 5.41) is 6.72. The topological polar surface area (TPSA) is 37.8 Å². The van der Waals surface area contributed by atoms with Gasteiger partial charge in [-0.05, 0) is 36.9 Å². The third-order valence-electron chi connectivity index (χ3n) is 3.08. The molecule has 0 aromatic carbocycles. The molecule has 3 nitrogen and oxygen atoms in total. The van der Waals surface area contributed by atoms with Gasteiger partial charge < -0.3 is 5.32 Å². The first-order valence-electron chi connectivity index (χ1n) is 6.20. The lowest BCUT2D eigenvalue weighted by molar-refractivity contribution is 0.577. The van der Waals surface area contributed by atoms with Crippen LogP contribution in [0, 0.1) is 6.92 Å². The van der Waals surface area contributed by atoms with E-state index in [0.717, 1.165) is 17.1 Å². The number of hydrogen-bond acceptors (Lipinski definition) is 5. The predicted molar refractivity (Wildman–Crippen MR) is 81.7 cm³/mol. The monoisotopic (exact) mass is 289 g/mol. The van der Waals surface area contributed by atoms with Crippen LogP contribution in [0.1, 0.15) is 28.4 Å². The van der Waals surface area contributed by atoms with Gasteiger partial charge in [-0.2, -0.15) is 0 Å². The molecule has 1 unspecified atom stereocenters. The summed E-state index contributed by atoms with van der Waals surface area (Å²) >= 11 is 3.48. The Morgan fingerprint density at radius 1 is 1.32 bits per heavy atom. The van der Waals surface area contributed by atoms with E-state index in [9.17, 15) is 0 Å². The number of aromatic nitrogens is 2. The number of nitrogens with one attached hydrogen (secondary N) is 1. The summed E-state index contributed by atoms with van der Waals surface area (Å²) < 4.78 is 1.25. The molecule has 1 atom stereocenters. The second-order valence-electron chi connectivity index (χ2n) is 4.52. The average molecular weight is 289 g/mol. The molecule has 1 N–H and O–H groups in total. The maximum Gasteiger partial charge on any atom is 0.0897 e. The maximum atomic E-state index is 4.48. The van der Waals surface area contributed by atoms with Crippen LogP contribution in [0.5, 0.6) is 0 Å². The minimum absolute atomic E-state index is 0.293. The molecule has 3 aromatic heterocycles. The first kappa shape index (κ1) is 12.7. The molecule has 3 rings (SSSR count). The van der Waals surface area contributed by atoms with Crippen LogP contribution in [-0.2, 0) is 6.54 Å². The first-order chi connectivity index (χ1) is 9.22. The average Bonchev–Trinajstić information content (AvgIpc) is 3.03. The van der Waals surface area contributed by atoms with Crippen molar-refractivity contribution in [1.82, 2.24) is 15.3 Å². The van der Waals surface area contributed by atoms with Crippen molar-refractivity contribution in [2.45, 2.75) is 26.4 Å². The Bertz CT molecular complexity index is 687. The molecule has 0 amide bonds. The maximum absolute atomic E-state index is 4.48. The Balaban J connectivity index is 1.70. The van der Waals surface area contributed by atoms with Crippen molar-refractivity contribution in [2.75, 3.05) is 0 Å². The van der Waals surface area contributed by atoms with Crippen LogP contribution < -0.4 is 5.32 Å². The molecule has 19 heavy (non-hydrogen) atoms. The van der Waals surface area contributed by atoms with E-state index in [2.05, 4.69) is 39.7 Å². The van der Waals surface area contributed by atoms with Gasteiger partial charge in [-0.1, -0.05) is 0 Å². The summed E-state index contributed by atoms with van der Waals surface area (Å²) in [6.45, 7) is 5.06. The van der Waals surface area contributed by atoms with Gasteiger partial charge in [-0.15, -0.1) is 22.7 Å². The van der Waals surface area contributed by atoms with Crippen LogP contribution in [0.15, 0.2) is 29.9 Å². The highest BCUT2D eigenvalue weighted by atomic mass is 32.1. The molecule has 0 saturated carbocycles. The highest BCUT2D eigenvalue weighted by Crippen LogP contribution is 2.23. The van der Waals surface area contributed by atoms with Crippen molar-refractivity contribution in [3.8, 4) is 0 Å². The first-order valence-corrected chi connectivity index (χ1v) is 7.90. The van der Waals surface area contributed by atoms with Gasteiger partial charge in [-0.3, -0.25) is 4.98 Å². The zero-order chi connectivity index (χ0) is 13.2.